The highest BCUT2D eigenvalue weighted by atomic mass is 127. The maximum absolute atomic E-state index is 12.8. The molecule has 1 aliphatic heterocycles. The number of cyclic esters (lactones) is 1. The van der Waals surface area contributed by atoms with Crippen molar-refractivity contribution < 1.29 is 9.53 Å². The number of rotatable bonds is 3. The van der Waals surface area contributed by atoms with Gasteiger partial charge in [-0.2, -0.15) is 0 Å². The van der Waals surface area contributed by atoms with Crippen LogP contribution in [0.4, 0.5) is 10.5 Å². The predicted octanol–water partition coefficient (Wildman–Crippen LogP) is 5.48. The SMILES string of the molecule is CC1(C)OC(=O)N(c2ccc(-c3nnc4cc(I)ccn34)cc2)C1c1ccccc1. The van der Waals surface area contributed by atoms with Crippen molar-refractivity contribution in [3.63, 3.8) is 0 Å². The van der Waals surface area contributed by atoms with Crippen molar-refractivity contribution >= 4 is 40.0 Å². The lowest BCUT2D eigenvalue weighted by molar-refractivity contribution is 0.0685. The summed E-state index contributed by atoms with van der Waals surface area (Å²) in [7, 11) is 0. The summed E-state index contributed by atoms with van der Waals surface area (Å²) in [4.78, 5) is 14.5. The Hall–Kier alpha value is -2.94. The molecule has 0 spiro atoms. The average Bonchev–Trinajstić information content (AvgIpc) is 3.25. The summed E-state index contributed by atoms with van der Waals surface area (Å²) in [5.41, 5.74) is 2.91. The van der Waals surface area contributed by atoms with Gasteiger partial charge in [0.05, 0.1) is 0 Å². The second-order valence-corrected chi connectivity index (χ2v) is 9.04. The molecule has 1 fully saturated rings. The Morgan fingerprint density at radius 3 is 2.47 bits per heavy atom. The number of pyridine rings is 1. The van der Waals surface area contributed by atoms with Crippen LogP contribution in [-0.4, -0.2) is 26.3 Å². The minimum absolute atomic E-state index is 0.215. The second kappa shape index (κ2) is 7.09. The summed E-state index contributed by atoms with van der Waals surface area (Å²) < 4.78 is 8.78. The van der Waals surface area contributed by atoms with E-state index in [1.807, 2.05) is 91.2 Å². The molecule has 1 unspecified atom stereocenters. The van der Waals surface area contributed by atoms with E-state index in [1.54, 1.807) is 4.90 Å². The van der Waals surface area contributed by atoms with Crippen LogP contribution in [0.2, 0.25) is 0 Å². The number of aromatic nitrogens is 3. The van der Waals surface area contributed by atoms with E-state index in [9.17, 15) is 4.79 Å². The van der Waals surface area contributed by atoms with E-state index in [1.165, 1.54) is 0 Å². The van der Waals surface area contributed by atoms with Crippen molar-refractivity contribution in [2.75, 3.05) is 4.90 Å². The van der Waals surface area contributed by atoms with Gasteiger partial charge in [0.15, 0.2) is 11.5 Å². The highest BCUT2D eigenvalue weighted by molar-refractivity contribution is 14.1. The van der Waals surface area contributed by atoms with Gasteiger partial charge in [0.2, 0.25) is 0 Å². The van der Waals surface area contributed by atoms with Crippen molar-refractivity contribution in [1.82, 2.24) is 14.6 Å². The van der Waals surface area contributed by atoms with Crippen molar-refractivity contribution in [2.24, 2.45) is 0 Å². The Morgan fingerprint density at radius 2 is 1.73 bits per heavy atom. The van der Waals surface area contributed by atoms with E-state index in [0.29, 0.717) is 0 Å². The fourth-order valence-corrected chi connectivity index (χ4v) is 4.46. The topological polar surface area (TPSA) is 59.7 Å². The van der Waals surface area contributed by atoms with E-state index in [0.717, 1.165) is 31.9 Å². The highest BCUT2D eigenvalue weighted by Crippen LogP contribution is 2.43. The van der Waals surface area contributed by atoms with Gasteiger partial charge < -0.3 is 4.74 Å². The smallest absolute Gasteiger partial charge is 0.415 e. The Bertz CT molecular complexity index is 1240. The number of ether oxygens (including phenoxy) is 1. The van der Waals surface area contributed by atoms with Gasteiger partial charge in [0.1, 0.15) is 11.6 Å². The molecule has 1 saturated heterocycles. The zero-order valence-corrected chi connectivity index (χ0v) is 18.6. The molecule has 1 atom stereocenters. The Balaban J connectivity index is 1.53. The van der Waals surface area contributed by atoms with Crippen molar-refractivity contribution in [3.05, 3.63) is 82.1 Å². The molecule has 3 heterocycles. The number of halogens is 1. The fourth-order valence-electron chi connectivity index (χ4n) is 4.02. The van der Waals surface area contributed by atoms with Crippen LogP contribution in [0.3, 0.4) is 0 Å². The molecule has 0 bridgehead atoms. The van der Waals surface area contributed by atoms with E-state index < -0.39 is 5.60 Å². The van der Waals surface area contributed by atoms with Gasteiger partial charge in [0, 0.05) is 21.0 Å². The first-order valence-corrected chi connectivity index (χ1v) is 10.7. The van der Waals surface area contributed by atoms with Crippen LogP contribution in [0.5, 0.6) is 0 Å². The Morgan fingerprint density at radius 1 is 1.00 bits per heavy atom. The number of nitrogens with zero attached hydrogens (tertiary/aromatic N) is 4. The number of fused-ring (bicyclic) bond motifs is 1. The van der Waals surface area contributed by atoms with Crippen molar-refractivity contribution in [3.8, 4) is 11.4 Å². The Kier molecular flexibility index (Phi) is 4.50. The summed E-state index contributed by atoms with van der Waals surface area (Å²) in [5.74, 6) is 0.761. The van der Waals surface area contributed by atoms with Gasteiger partial charge in [-0.1, -0.05) is 30.3 Å². The van der Waals surface area contributed by atoms with Gasteiger partial charge in [-0.15, -0.1) is 10.2 Å². The summed E-state index contributed by atoms with van der Waals surface area (Å²) in [6.45, 7) is 3.89. The number of anilines is 1. The lowest BCUT2D eigenvalue weighted by atomic mass is 9.91. The molecule has 1 amide bonds. The first-order valence-electron chi connectivity index (χ1n) is 9.62. The maximum atomic E-state index is 12.8. The van der Waals surface area contributed by atoms with Crippen LogP contribution < -0.4 is 4.90 Å². The number of hydrogen-bond donors (Lipinski definition) is 0. The third-order valence-electron chi connectivity index (χ3n) is 5.35. The lowest BCUT2D eigenvalue weighted by Gasteiger charge is -2.29. The fraction of sp³-hybridized carbons (Fsp3) is 0.174. The first kappa shape index (κ1) is 19.0. The van der Waals surface area contributed by atoms with E-state index in [4.69, 9.17) is 4.74 Å². The van der Waals surface area contributed by atoms with Gasteiger partial charge >= 0.3 is 6.09 Å². The van der Waals surface area contributed by atoms with Gasteiger partial charge in [-0.05, 0) is 78.4 Å². The molecule has 2 aromatic heterocycles. The van der Waals surface area contributed by atoms with Crippen molar-refractivity contribution in [2.45, 2.75) is 25.5 Å². The normalized spacial score (nSPS) is 18.0. The molecule has 0 aliphatic carbocycles. The third-order valence-corrected chi connectivity index (χ3v) is 6.03. The molecule has 0 radical (unpaired) electrons. The minimum Gasteiger partial charge on any atom is -0.441 e. The molecule has 7 heteroatoms. The molecule has 5 rings (SSSR count). The molecular formula is C23H19IN4O2. The summed E-state index contributed by atoms with van der Waals surface area (Å²) >= 11 is 2.26. The number of carbonyl (C=O) groups is 1. The molecule has 150 valence electrons. The van der Waals surface area contributed by atoms with Gasteiger partial charge in [0.25, 0.3) is 0 Å². The van der Waals surface area contributed by atoms with Gasteiger partial charge in [-0.25, -0.2) is 4.79 Å². The lowest BCUT2D eigenvalue weighted by Crippen LogP contribution is -2.33. The maximum Gasteiger partial charge on any atom is 0.415 e. The number of carbonyl (C=O) groups excluding carboxylic acids is 1. The molecule has 1 aliphatic rings. The van der Waals surface area contributed by atoms with E-state index in [-0.39, 0.29) is 12.1 Å². The predicted molar refractivity (Wildman–Crippen MR) is 123 cm³/mol. The molecule has 6 nitrogen and oxygen atoms in total. The molecule has 0 saturated carbocycles. The second-order valence-electron chi connectivity index (χ2n) is 7.80. The molecule has 0 N–H and O–H groups in total. The average molecular weight is 510 g/mol. The van der Waals surface area contributed by atoms with E-state index >= 15 is 0 Å². The van der Waals surface area contributed by atoms with Crippen molar-refractivity contribution in [1.29, 1.82) is 0 Å². The zero-order valence-electron chi connectivity index (χ0n) is 16.5. The molecular weight excluding hydrogens is 491 g/mol. The summed E-state index contributed by atoms with van der Waals surface area (Å²) in [5, 5.41) is 8.60. The molecule has 30 heavy (non-hydrogen) atoms. The van der Waals surface area contributed by atoms with E-state index in [2.05, 4.69) is 32.8 Å². The Labute approximate surface area is 187 Å². The van der Waals surface area contributed by atoms with Crippen LogP contribution in [0.15, 0.2) is 72.9 Å². The zero-order chi connectivity index (χ0) is 20.9. The van der Waals surface area contributed by atoms with Crippen LogP contribution in [0, 0.1) is 3.57 Å². The van der Waals surface area contributed by atoms with Crippen LogP contribution >= 0.6 is 22.6 Å². The molecule has 2 aromatic carbocycles. The number of amides is 1. The highest BCUT2D eigenvalue weighted by Gasteiger charge is 2.49. The standard InChI is InChI=1S/C23H19IN4O2/c1-23(2)20(15-6-4-3-5-7-15)28(22(29)30-23)18-10-8-16(9-11-18)21-26-25-19-14-17(24)12-13-27(19)21/h3-14,20H,1-2H3. The summed E-state index contributed by atoms with van der Waals surface area (Å²) in [6, 6.07) is 21.6. The van der Waals surface area contributed by atoms with Crippen LogP contribution in [0.1, 0.15) is 25.5 Å². The van der Waals surface area contributed by atoms with Crippen LogP contribution in [0.25, 0.3) is 17.0 Å². The minimum atomic E-state index is -0.641. The number of hydrogen-bond acceptors (Lipinski definition) is 4. The molecule has 4 aromatic rings. The monoisotopic (exact) mass is 510 g/mol. The quantitative estimate of drug-likeness (QED) is 0.343. The largest absolute Gasteiger partial charge is 0.441 e. The van der Waals surface area contributed by atoms with Gasteiger partial charge in [-0.3, -0.25) is 9.30 Å². The third kappa shape index (κ3) is 3.13. The number of benzene rings is 2. The first-order chi connectivity index (χ1) is 14.4. The summed E-state index contributed by atoms with van der Waals surface area (Å²) in [6.07, 6.45) is 1.62. The van der Waals surface area contributed by atoms with Crippen LogP contribution in [-0.2, 0) is 4.74 Å².